The molecular weight excluding hydrogens is 482 g/mol. The molecule has 2 aromatic rings. The second-order valence-corrected chi connectivity index (χ2v) is 9.15. The fraction of sp³-hybridized carbons (Fsp3) is 0.222. The monoisotopic (exact) mass is 499 g/mol. The molecule has 0 aliphatic heterocycles. The van der Waals surface area contributed by atoms with Gasteiger partial charge in [-0.25, -0.2) is 13.2 Å². The molecule has 2 rings (SSSR count). The first-order valence-corrected chi connectivity index (χ1v) is 11.0. The Bertz CT molecular complexity index is 1100. The standard InChI is InChI=1S/C18H18BrN3O7S/c1-3-30(27,28)14-4-5-17(29-2)15(9-14)21-18(24)20-10-16(23)11-6-12(19)8-13(7-11)22(25)26/h4-9H,3,10H2,1-2H3,(H2,20,21,24). The number of hydrogen-bond acceptors (Lipinski definition) is 7. The third-order valence-electron chi connectivity index (χ3n) is 3.98. The topological polar surface area (TPSA) is 145 Å². The van der Waals surface area contributed by atoms with Gasteiger partial charge in [0.1, 0.15) is 5.75 Å². The van der Waals surface area contributed by atoms with Gasteiger partial charge in [-0.3, -0.25) is 14.9 Å². The maximum absolute atomic E-state index is 12.3. The van der Waals surface area contributed by atoms with E-state index in [1.54, 1.807) is 0 Å². The number of benzene rings is 2. The number of Topliss-reactive ketones (excluding diaryl/α,β-unsaturated/α-hetero) is 1. The van der Waals surface area contributed by atoms with Gasteiger partial charge in [0.2, 0.25) is 0 Å². The van der Waals surface area contributed by atoms with Crippen LogP contribution in [0.25, 0.3) is 0 Å². The number of ketones is 1. The summed E-state index contributed by atoms with van der Waals surface area (Å²) in [4.78, 5) is 34.8. The zero-order chi connectivity index (χ0) is 22.5. The third-order valence-corrected chi connectivity index (χ3v) is 6.17. The summed E-state index contributed by atoms with van der Waals surface area (Å²) < 4.78 is 29.6. The molecule has 12 heteroatoms. The molecule has 0 spiro atoms. The van der Waals surface area contributed by atoms with Crippen LogP contribution in [0.3, 0.4) is 0 Å². The lowest BCUT2D eigenvalue weighted by atomic mass is 10.1. The van der Waals surface area contributed by atoms with Crippen LogP contribution in [0, 0.1) is 10.1 Å². The number of urea groups is 1. The van der Waals surface area contributed by atoms with E-state index in [4.69, 9.17) is 4.74 Å². The van der Waals surface area contributed by atoms with Crippen LogP contribution < -0.4 is 15.4 Å². The van der Waals surface area contributed by atoms with Crippen molar-refractivity contribution in [2.75, 3.05) is 24.7 Å². The lowest BCUT2D eigenvalue weighted by Gasteiger charge is -2.13. The molecule has 30 heavy (non-hydrogen) atoms. The third kappa shape index (κ3) is 5.76. The van der Waals surface area contributed by atoms with Crippen LogP contribution in [0.1, 0.15) is 17.3 Å². The Kier molecular flexibility index (Phi) is 7.51. The van der Waals surface area contributed by atoms with Crippen LogP contribution in [0.5, 0.6) is 5.75 Å². The van der Waals surface area contributed by atoms with Gasteiger partial charge in [0.15, 0.2) is 15.6 Å². The van der Waals surface area contributed by atoms with E-state index in [0.29, 0.717) is 4.47 Å². The van der Waals surface area contributed by atoms with E-state index in [1.165, 1.54) is 44.4 Å². The molecule has 160 valence electrons. The molecule has 0 atom stereocenters. The summed E-state index contributed by atoms with van der Waals surface area (Å²) in [6, 6.07) is 7.01. The van der Waals surface area contributed by atoms with E-state index in [2.05, 4.69) is 26.6 Å². The molecule has 0 unspecified atom stereocenters. The molecule has 2 aromatic carbocycles. The quantitative estimate of drug-likeness (QED) is 0.322. The minimum absolute atomic E-state index is 0.0126. The predicted octanol–water partition coefficient (Wildman–Crippen LogP) is 3.16. The number of amides is 2. The molecule has 0 aliphatic carbocycles. The van der Waals surface area contributed by atoms with Gasteiger partial charge < -0.3 is 15.4 Å². The zero-order valence-electron chi connectivity index (χ0n) is 16.0. The minimum atomic E-state index is -3.50. The number of anilines is 1. The summed E-state index contributed by atoms with van der Waals surface area (Å²) in [5, 5.41) is 15.7. The van der Waals surface area contributed by atoms with Crippen molar-refractivity contribution in [1.29, 1.82) is 0 Å². The first-order valence-electron chi connectivity index (χ1n) is 8.51. The highest BCUT2D eigenvalue weighted by Crippen LogP contribution is 2.28. The molecule has 0 heterocycles. The van der Waals surface area contributed by atoms with Crippen LogP contribution in [0.2, 0.25) is 0 Å². The summed E-state index contributed by atoms with van der Waals surface area (Å²) in [7, 11) is -2.14. The highest BCUT2D eigenvalue weighted by atomic mass is 79.9. The van der Waals surface area contributed by atoms with Crippen molar-refractivity contribution >= 4 is 49.0 Å². The normalized spacial score (nSPS) is 10.9. The number of nitrogens with one attached hydrogen (secondary N) is 2. The number of carbonyl (C=O) groups excluding carboxylic acids is 2. The van der Waals surface area contributed by atoms with Gasteiger partial charge in [-0.15, -0.1) is 0 Å². The van der Waals surface area contributed by atoms with Gasteiger partial charge >= 0.3 is 6.03 Å². The maximum Gasteiger partial charge on any atom is 0.319 e. The summed E-state index contributed by atoms with van der Waals surface area (Å²) in [5.74, 6) is -0.434. The fourth-order valence-electron chi connectivity index (χ4n) is 2.41. The molecule has 0 radical (unpaired) electrons. The summed E-state index contributed by atoms with van der Waals surface area (Å²) in [5.41, 5.74) is -0.115. The van der Waals surface area contributed by atoms with Crippen molar-refractivity contribution < 1.29 is 27.7 Å². The van der Waals surface area contributed by atoms with E-state index in [9.17, 15) is 28.1 Å². The Morgan fingerprint density at radius 2 is 1.90 bits per heavy atom. The van der Waals surface area contributed by atoms with Crippen LogP contribution in [-0.4, -0.2) is 44.6 Å². The molecule has 10 nitrogen and oxygen atoms in total. The van der Waals surface area contributed by atoms with Gasteiger partial charge in [-0.1, -0.05) is 22.9 Å². The van der Waals surface area contributed by atoms with Crippen molar-refractivity contribution in [3.63, 3.8) is 0 Å². The number of ether oxygens (including phenoxy) is 1. The van der Waals surface area contributed by atoms with E-state index in [1.807, 2.05) is 0 Å². The van der Waals surface area contributed by atoms with Gasteiger partial charge in [-0.05, 0) is 24.3 Å². The number of methoxy groups -OCH3 is 1. The highest BCUT2D eigenvalue weighted by Gasteiger charge is 2.17. The second-order valence-electron chi connectivity index (χ2n) is 5.95. The highest BCUT2D eigenvalue weighted by molar-refractivity contribution is 9.10. The molecule has 2 N–H and O–H groups in total. The van der Waals surface area contributed by atoms with E-state index >= 15 is 0 Å². The molecule has 0 aliphatic rings. The Hall–Kier alpha value is -2.99. The fourth-order valence-corrected chi connectivity index (χ4v) is 3.80. The Labute approximate surface area is 180 Å². The lowest BCUT2D eigenvalue weighted by Crippen LogP contribution is -2.33. The number of carbonyl (C=O) groups is 2. The largest absolute Gasteiger partial charge is 0.495 e. The average Bonchev–Trinajstić information content (AvgIpc) is 2.71. The van der Waals surface area contributed by atoms with Crippen molar-refractivity contribution in [2.45, 2.75) is 11.8 Å². The molecule has 2 amide bonds. The molecule has 0 saturated carbocycles. The van der Waals surface area contributed by atoms with E-state index in [-0.39, 0.29) is 33.3 Å². The number of rotatable bonds is 8. The number of nitro benzene ring substituents is 1. The molecule has 0 aromatic heterocycles. The van der Waals surface area contributed by atoms with Gasteiger partial charge in [0, 0.05) is 22.2 Å². The Morgan fingerprint density at radius 3 is 2.50 bits per heavy atom. The number of nitro groups is 1. The van der Waals surface area contributed by atoms with Crippen LogP contribution >= 0.6 is 15.9 Å². The van der Waals surface area contributed by atoms with Crippen molar-refractivity contribution in [3.05, 3.63) is 56.5 Å². The maximum atomic E-state index is 12.3. The lowest BCUT2D eigenvalue weighted by molar-refractivity contribution is -0.385. The number of non-ortho nitro benzene ring substituents is 1. The van der Waals surface area contributed by atoms with Gasteiger partial charge in [0.25, 0.3) is 5.69 Å². The Morgan fingerprint density at radius 1 is 1.20 bits per heavy atom. The molecule has 0 saturated heterocycles. The van der Waals surface area contributed by atoms with Gasteiger partial charge in [0.05, 0.1) is 34.9 Å². The van der Waals surface area contributed by atoms with Crippen LogP contribution in [0.4, 0.5) is 16.2 Å². The second kappa shape index (κ2) is 9.67. The summed E-state index contributed by atoms with van der Waals surface area (Å²) in [6.45, 7) is 1.06. The van der Waals surface area contributed by atoms with Crippen molar-refractivity contribution in [1.82, 2.24) is 5.32 Å². The number of hydrogen-bond donors (Lipinski definition) is 2. The molecular formula is C18H18BrN3O7S. The van der Waals surface area contributed by atoms with E-state index < -0.39 is 33.1 Å². The first-order chi connectivity index (χ1) is 14.1. The first kappa shape index (κ1) is 23.3. The molecule has 0 fully saturated rings. The number of halogens is 1. The smallest absolute Gasteiger partial charge is 0.319 e. The Balaban J connectivity index is 2.12. The summed E-state index contributed by atoms with van der Waals surface area (Å²) >= 11 is 3.10. The zero-order valence-corrected chi connectivity index (χ0v) is 18.4. The van der Waals surface area contributed by atoms with Crippen LogP contribution in [-0.2, 0) is 9.84 Å². The van der Waals surface area contributed by atoms with E-state index in [0.717, 1.165) is 6.07 Å². The predicted molar refractivity (Wildman–Crippen MR) is 113 cm³/mol. The SMILES string of the molecule is CCS(=O)(=O)c1ccc(OC)c(NC(=O)NCC(=O)c2cc(Br)cc([N+](=O)[O-])c2)c1. The summed E-state index contributed by atoms with van der Waals surface area (Å²) in [6.07, 6.45) is 0. The number of nitrogens with zero attached hydrogens (tertiary/aromatic N) is 1. The van der Waals surface area contributed by atoms with Crippen LogP contribution in [0.15, 0.2) is 45.8 Å². The number of sulfone groups is 1. The van der Waals surface area contributed by atoms with Crippen molar-refractivity contribution in [2.24, 2.45) is 0 Å². The average molecular weight is 500 g/mol. The van der Waals surface area contributed by atoms with Crippen molar-refractivity contribution in [3.8, 4) is 5.75 Å². The minimum Gasteiger partial charge on any atom is -0.495 e. The molecule has 0 bridgehead atoms. The van der Waals surface area contributed by atoms with Gasteiger partial charge in [-0.2, -0.15) is 0 Å².